The van der Waals surface area contributed by atoms with Crippen molar-refractivity contribution in [3.05, 3.63) is 82.6 Å². The first-order chi connectivity index (χ1) is 19.7. The SMILES string of the molecule is O=C(O)c1ccc2nc(CN3CCC(Oc4ccnc(COc5ccc(Cl)cc5F)c4)CC3)n(CC3(O)CC3)c2c1. The van der Waals surface area contributed by atoms with Gasteiger partial charge in [-0.05, 0) is 68.1 Å². The zero-order valence-corrected chi connectivity index (χ0v) is 23.1. The van der Waals surface area contributed by atoms with Gasteiger partial charge in [0.2, 0.25) is 0 Å². The highest BCUT2D eigenvalue weighted by atomic mass is 35.5. The maximum atomic E-state index is 14.0. The maximum Gasteiger partial charge on any atom is 0.335 e. The number of pyridine rings is 1. The van der Waals surface area contributed by atoms with Crippen LogP contribution in [0.2, 0.25) is 5.02 Å². The Kier molecular flexibility index (Phi) is 7.54. The fourth-order valence-corrected chi connectivity index (χ4v) is 5.29. The number of aromatic nitrogens is 3. The smallest absolute Gasteiger partial charge is 0.335 e. The van der Waals surface area contributed by atoms with Gasteiger partial charge in [-0.2, -0.15) is 0 Å². The molecule has 214 valence electrons. The molecule has 1 saturated carbocycles. The van der Waals surface area contributed by atoms with Crippen LogP contribution in [0.3, 0.4) is 0 Å². The number of carboxylic acids is 1. The number of hydrogen-bond acceptors (Lipinski definition) is 7. The lowest BCUT2D eigenvalue weighted by molar-refractivity contribution is 0.0697. The molecule has 6 rings (SSSR count). The third kappa shape index (κ3) is 6.45. The summed E-state index contributed by atoms with van der Waals surface area (Å²) in [6.45, 7) is 2.70. The minimum atomic E-state index is -0.988. The molecule has 2 aliphatic rings. The molecule has 3 heterocycles. The van der Waals surface area contributed by atoms with E-state index in [0.717, 1.165) is 55.6 Å². The van der Waals surface area contributed by atoms with E-state index in [1.165, 1.54) is 12.1 Å². The number of nitrogens with zero attached hydrogens (tertiary/aromatic N) is 4. The fourth-order valence-electron chi connectivity index (χ4n) is 5.13. The lowest BCUT2D eigenvalue weighted by atomic mass is 10.1. The third-order valence-corrected chi connectivity index (χ3v) is 7.85. The van der Waals surface area contributed by atoms with Crippen LogP contribution in [0.4, 0.5) is 4.39 Å². The van der Waals surface area contributed by atoms with Crippen LogP contribution in [-0.4, -0.2) is 60.4 Å². The van der Waals surface area contributed by atoms with Crippen LogP contribution in [0, 0.1) is 5.82 Å². The van der Waals surface area contributed by atoms with E-state index >= 15 is 0 Å². The van der Waals surface area contributed by atoms with Crippen LogP contribution in [0.1, 0.15) is 47.6 Å². The van der Waals surface area contributed by atoms with Gasteiger partial charge in [-0.25, -0.2) is 14.2 Å². The van der Waals surface area contributed by atoms with Gasteiger partial charge >= 0.3 is 5.97 Å². The summed E-state index contributed by atoms with van der Waals surface area (Å²) in [4.78, 5) is 23.0. The number of aliphatic hydroxyl groups is 1. The van der Waals surface area contributed by atoms with Gasteiger partial charge in [0.25, 0.3) is 0 Å². The second-order valence-corrected chi connectivity index (χ2v) is 11.2. The number of aromatic carboxylic acids is 1. The summed E-state index contributed by atoms with van der Waals surface area (Å²) in [7, 11) is 0. The van der Waals surface area contributed by atoms with Crippen molar-refractivity contribution in [3.8, 4) is 11.5 Å². The average Bonchev–Trinajstić information content (AvgIpc) is 3.59. The minimum Gasteiger partial charge on any atom is -0.490 e. The Balaban J connectivity index is 1.07. The number of rotatable bonds is 10. The van der Waals surface area contributed by atoms with Crippen molar-refractivity contribution in [2.24, 2.45) is 0 Å². The van der Waals surface area contributed by atoms with Crippen LogP contribution < -0.4 is 9.47 Å². The van der Waals surface area contributed by atoms with Crippen molar-refractivity contribution in [2.45, 2.75) is 57.1 Å². The molecule has 0 amide bonds. The molecule has 0 atom stereocenters. The molecule has 9 nitrogen and oxygen atoms in total. The monoisotopic (exact) mass is 580 g/mol. The quantitative estimate of drug-likeness (QED) is 0.268. The Labute approximate surface area is 241 Å². The molecular formula is C30H30ClFN4O5. The van der Waals surface area contributed by atoms with E-state index in [2.05, 4.69) is 9.88 Å². The molecule has 0 spiro atoms. The second-order valence-electron chi connectivity index (χ2n) is 10.8. The van der Waals surface area contributed by atoms with Crippen LogP contribution in [0.25, 0.3) is 11.0 Å². The van der Waals surface area contributed by atoms with Crippen molar-refractivity contribution in [2.75, 3.05) is 13.1 Å². The van der Waals surface area contributed by atoms with E-state index in [9.17, 15) is 19.4 Å². The Bertz CT molecular complexity index is 1580. The van der Waals surface area contributed by atoms with Crippen molar-refractivity contribution < 1.29 is 28.9 Å². The summed E-state index contributed by atoms with van der Waals surface area (Å²) in [5, 5.41) is 20.4. The highest BCUT2D eigenvalue weighted by Gasteiger charge is 2.41. The Hall–Kier alpha value is -3.73. The van der Waals surface area contributed by atoms with Crippen molar-refractivity contribution in [1.82, 2.24) is 19.4 Å². The average molecular weight is 581 g/mol. The Morgan fingerprint density at radius 3 is 2.66 bits per heavy atom. The molecule has 2 N–H and O–H groups in total. The number of ether oxygens (including phenoxy) is 2. The number of carboxylic acid groups (broad SMARTS) is 1. The van der Waals surface area contributed by atoms with Gasteiger partial charge in [0.15, 0.2) is 11.6 Å². The lowest BCUT2D eigenvalue weighted by Crippen LogP contribution is -2.38. The molecule has 2 aromatic heterocycles. The first-order valence-electron chi connectivity index (χ1n) is 13.6. The first-order valence-corrected chi connectivity index (χ1v) is 14.0. The predicted molar refractivity (Wildman–Crippen MR) is 150 cm³/mol. The summed E-state index contributed by atoms with van der Waals surface area (Å²) >= 11 is 5.80. The third-order valence-electron chi connectivity index (χ3n) is 7.61. The molecule has 1 aliphatic heterocycles. The highest BCUT2D eigenvalue weighted by Crippen LogP contribution is 2.38. The van der Waals surface area contributed by atoms with Gasteiger partial charge < -0.3 is 24.3 Å². The van der Waals surface area contributed by atoms with Gasteiger partial charge in [-0.15, -0.1) is 0 Å². The van der Waals surface area contributed by atoms with E-state index < -0.39 is 17.4 Å². The molecule has 2 fully saturated rings. The van der Waals surface area contributed by atoms with Crippen molar-refractivity contribution in [3.63, 3.8) is 0 Å². The van der Waals surface area contributed by atoms with Gasteiger partial charge in [0.1, 0.15) is 24.3 Å². The van der Waals surface area contributed by atoms with Gasteiger partial charge in [0.05, 0.1) is 41.0 Å². The number of hydrogen-bond donors (Lipinski definition) is 2. The zero-order chi connectivity index (χ0) is 28.6. The number of fused-ring (bicyclic) bond motifs is 1. The Morgan fingerprint density at radius 2 is 1.93 bits per heavy atom. The molecule has 4 aromatic rings. The summed E-state index contributed by atoms with van der Waals surface area (Å²) < 4.78 is 27.8. The van der Waals surface area contributed by atoms with Crippen LogP contribution in [0.15, 0.2) is 54.7 Å². The summed E-state index contributed by atoms with van der Waals surface area (Å²) in [5.74, 6) is 0.0934. The fraction of sp³-hybridized carbons (Fsp3) is 0.367. The van der Waals surface area contributed by atoms with Crippen LogP contribution in [-0.2, 0) is 19.7 Å². The van der Waals surface area contributed by atoms with Crippen molar-refractivity contribution >= 4 is 28.6 Å². The number of halogens is 2. The summed E-state index contributed by atoms with van der Waals surface area (Å²) in [6.07, 6.45) is 4.77. The lowest BCUT2D eigenvalue weighted by Gasteiger charge is -2.32. The minimum absolute atomic E-state index is 0.0280. The van der Waals surface area contributed by atoms with E-state index in [1.54, 1.807) is 42.6 Å². The normalized spacial score (nSPS) is 17.0. The number of imidazole rings is 1. The number of carbonyl (C=O) groups is 1. The molecule has 2 aromatic carbocycles. The Morgan fingerprint density at radius 1 is 1.12 bits per heavy atom. The van der Waals surface area contributed by atoms with E-state index in [4.69, 9.17) is 26.1 Å². The predicted octanol–water partition coefficient (Wildman–Crippen LogP) is 5.07. The molecular weight excluding hydrogens is 551 g/mol. The largest absolute Gasteiger partial charge is 0.490 e. The van der Waals surface area contributed by atoms with E-state index in [1.807, 2.05) is 4.57 Å². The molecule has 0 radical (unpaired) electrons. The maximum absolute atomic E-state index is 14.0. The highest BCUT2D eigenvalue weighted by molar-refractivity contribution is 6.30. The topological polar surface area (TPSA) is 110 Å². The molecule has 1 saturated heterocycles. The number of benzene rings is 2. The first kappa shape index (κ1) is 27.4. The van der Waals surface area contributed by atoms with E-state index in [-0.39, 0.29) is 24.0 Å². The summed E-state index contributed by atoms with van der Waals surface area (Å²) in [5.41, 5.74) is 1.53. The molecule has 11 heteroatoms. The van der Waals surface area contributed by atoms with E-state index in [0.29, 0.717) is 29.6 Å². The van der Waals surface area contributed by atoms with Crippen molar-refractivity contribution in [1.29, 1.82) is 0 Å². The number of piperidine rings is 1. The van der Waals surface area contributed by atoms with Crippen LogP contribution in [0.5, 0.6) is 11.5 Å². The second kappa shape index (κ2) is 11.3. The molecule has 1 aliphatic carbocycles. The summed E-state index contributed by atoms with van der Waals surface area (Å²) in [6, 6.07) is 12.8. The zero-order valence-electron chi connectivity index (χ0n) is 22.3. The molecule has 0 bridgehead atoms. The molecule has 41 heavy (non-hydrogen) atoms. The van der Waals surface area contributed by atoms with Crippen LogP contribution >= 0.6 is 11.6 Å². The van der Waals surface area contributed by atoms with Gasteiger partial charge in [-0.3, -0.25) is 9.88 Å². The van der Waals surface area contributed by atoms with Gasteiger partial charge in [0, 0.05) is 30.4 Å². The van der Waals surface area contributed by atoms with Gasteiger partial charge in [-0.1, -0.05) is 11.6 Å². The standard InChI is InChI=1S/C30H30ClFN4O5/c31-20-2-4-27(24(32)14-20)40-17-21-15-23(5-10-33-21)41-22-6-11-35(12-7-22)16-28-34-25-3-1-19(29(37)38)13-26(25)36(28)18-30(39)8-9-30/h1-5,10,13-15,22,39H,6-9,11-12,16-18H2,(H,37,38). The number of likely N-dealkylation sites (tertiary alicyclic amines) is 1. The molecule has 0 unspecified atom stereocenters.